The van der Waals surface area contributed by atoms with Gasteiger partial charge in [0.15, 0.2) is 0 Å². The Hall–Kier alpha value is -2.49. The Morgan fingerprint density at radius 1 is 1.12 bits per heavy atom. The molecule has 0 atom stereocenters. The van der Waals surface area contributed by atoms with E-state index >= 15 is 0 Å². The van der Waals surface area contributed by atoms with Crippen molar-refractivity contribution in [2.75, 3.05) is 19.0 Å². The van der Waals surface area contributed by atoms with Gasteiger partial charge in [-0.2, -0.15) is 0 Å². The molecule has 0 spiro atoms. The molecule has 0 heterocycles. The minimum Gasteiger partial charge on any atom is -0.497 e. The van der Waals surface area contributed by atoms with E-state index < -0.39 is 5.41 Å². The number of anilines is 1. The van der Waals surface area contributed by atoms with Gasteiger partial charge in [0.1, 0.15) is 11.5 Å². The van der Waals surface area contributed by atoms with Crippen LogP contribution in [0.5, 0.6) is 11.5 Å². The van der Waals surface area contributed by atoms with Crippen molar-refractivity contribution in [1.29, 1.82) is 0 Å². The quantitative estimate of drug-likeness (QED) is 0.667. The highest BCUT2D eigenvalue weighted by atomic mass is 16.5. The van der Waals surface area contributed by atoms with Gasteiger partial charge >= 0.3 is 0 Å². The van der Waals surface area contributed by atoms with E-state index in [9.17, 15) is 4.79 Å². The van der Waals surface area contributed by atoms with Gasteiger partial charge in [-0.05, 0) is 56.0 Å². The normalized spacial score (nSPS) is 11.1. The molecule has 26 heavy (non-hydrogen) atoms. The van der Waals surface area contributed by atoms with Crippen LogP contribution in [0.1, 0.15) is 37.8 Å². The summed E-state index contributed by atoms with van der Waals surface area (Å²) < 4.78 is 11.1. The molecule has 4 nitrogen and oxygen atoms in total. The molecule has 0 bridgehead atoms. The van der Waals surface area contributed by atoms with Crippen molar-refractivity contribution in [3.05, 3.63) is 53.6 Å². The molecular weight excluding hydrogens is 326 g/mol. The van der Waals surface area contributed by atoms with E-state index in [0.717, 1.165) is 35.6 Å². The van der Waals surface area contributed by atoms with Crippen molar-refractivity contribution in [3.8, 4) is 11.5 Å². The lowest BCUT2D eigenvalue weighted by atomic mass is 9.87. The number of rotatable bonds is 8. The molecule has 0 aliphatic heterocycles. The number of aryl methyl sites for hydroxylation is 2. The summed E-state index contributed by atoms with van der Waals surface area (Å²) in [7, 11) is 1.61. The smallest absolute Gasteiger partial charge is 0.230 e. The van der Waals surface area contributed by atoms with Crippen molar-refractivity contribution in [3.63, 3.8) is 0 Å². The molecule has 1 N–H and O–H groups in total. The Bertz CT molecular complexity index is 753. The molecule has 0 unspecified atom stereocenters. The maximum Gasteiger partial charge on any atom is 0.230 e. The number of methoxy groups -OCH3 is 1. The molecule has 1 amide bonds. The number of carbonyl (C=O) groups excluding carboxylic acids is 1. The third-order valence-corrected chi connectivity index (χ3v) is 4.49. The van der Waals surface area contributed by atoms with Gasteiger partial charge in [0.05, 0.1) is 13.7 Å². The summed E-state index contributed by atoms with van der Waals surface area (Å²) in [4.78, 5) is 12.6. The number of ether oxygens (including phenoxy) is 2. The maximum atomic E-state index is 12.6. The zero-order valence-electron chi connectivity index (χ0n) is 16.4. The van der Waals surface area contributed by atoms with Crippen molar-refractivity contribution in [1.82, 2.24) is 0 Å². The van der Waals surface area contributed by atoms with E-state index in [1.807, 2.05) is 45.0 Å². The molecule has 2 aromatic carbocycles. The van der Waals surface area contributed by atoms with Gasteiger partial charge in [-0.25, -0.2) is 0 Å². The third-order valence-electron chi connectivity index (χ3n) is 4.49. The highest BCUT2D eigenvalue weighted by Crippen LogP contribution is 2.26. The minimum atomic E-state index is -0.478. The summed E-state index contributed by atoms with van der Waals surface area (Å²) in [6.45, 7) is 8.61. The molecule has 140 valence electrons. The Labute approximate surface area is 156 Å². The van der Waals surface area contributed by atoms with Gasteiger partial charge in [0.2, 0.25) is 5.91 Å². The van der Waals surface area contributed by atoms with Crippen molar-refractivity contribution < 1.29 is 14.3 Å². The maximum absolute atomic E-state index is 12.6. The zero-order chi connectivity index (χ0) is 19.2. The summed E-state index contributed by atoms with van der Waals surface area (Å²) in [5, 5.41) is 2.97. The van der Waals surface area contributed by atoms with E-state index in [-0.39, 0.29) is 5.91 Å². The molecule has 4 heteroatoms. The molecule has 0 aliphatic carbocycles. The number of hydrogen-bond acceptors (Lipinski definition) is 3. The summed E-state index contributed by atoms with van der Waals surface area (Å²) in [6, 6.07) is 13.6. The van der Waals surface area contributed by atoms with E-state index in [1.165, 1.54) is 5.56 Å². The van der Waals surface area contributed by atoms with Crippen LogP contribution < -0.4 is 14.8 Å². The Morgan fingerprint density at radius 2 is 1.88 bits per heavy atom. The highest BCUT2D eigenvalue weighted by Gasteiger charge is 2.27. The highest BCUT2D eigenvalue weighted by molar-refractivity contribution is 5.94. The lowest BCUT2D eigenvalue weighted by Crippen LogP contribution is -2.31. The third kappa shape index (κ3) is 5.51. The summed E-state index contributed by atoms with van der Waals surface area (Å²) in [6.07, 6.45) is 1.56. The van der Waals surface area contributed by atoms with Crippen LogP contribution in [0, 0.1) is 19.3 Å². The number of benzene rings is 2. The number of hydrogen-bond donors (Lipinski definition) is 1. The second-order valence-corrected chi connectivity index (χ2v) is 7.29. The van der Waals surface area contributed by atoms with Gasteiger partial charge < -0.3 is 14.8 Å². The summed E-state index contributed by atoms with van der Waals surface area (Å²) in [5.41, 5.74) is 2.58. The molecule has 2 aromatic rings. The minimum absolute atomic E-state index is 0.00232. The van der Waals surface area contributed by atoms with E-state index in [2.05, 4.69) is 30.4 Å². The first-order chi connectivity index (χ1) is 12.3. The van der Waals surface area contributed by atoms with Crippen molar-refractivity contribution in [2.24, 2.45) is 5.41 Å². The Balaban J connectivity index is 1.85. The van der Waals surface area contributed by atoms with Crippen LogP contribution in [-0.4, -0.2) is 19.6 Å². The first-order valence-corrected chi connectivity index (χ1v) is 8.97. The van der Waals surface area contributed by atoms with Crippen molar-refractivity contribution >= 4 is 11.6 Å². The largest absolute Gasteiger partial charge is 0.497 e. The van der Waals surface area contributed by atoms with E-state index in [1.54, 1.807) is 7.11 Å². The van der Waals surface area contributed by atoms with Crippen molar-refractivity contribution in [2.45, 2.75) is 40.5 Å². The second-order valence-electron chi connectivity index (χ2n) is 7.29. The van der Waals surface area contributed by atoms with Crippen LogP contribution >= 0.6 is 0 Å². The predicted octanol–water partition coefficient (Wildman–Crippen LogP) is 5.14. The molecular formula is C22H29NO3. The summed E-state index contributed by atoms with van der Waals surface area (Å²) in [5.74, 6) is 1.64. The SMILES string of the molecule is COc1cccc(NC(=O)C(C)(C)CCCOc2cc(C)ccc2C)c1. The number of carbonyl (C=O) groups is 1. The van der Waals surface area contributed by atoms with Crippen LogP contribution in [0.3, 0.4) is 0 Å². The molecule has 0 aromatic heterocycles. The molecule has 2 rings (SSSR count). The zero-order valence-corrected chi connectivity index (χ0v) is 16.4. The topological polar surface area (TPSA) is 47.6 Å². The predicted molar refractivity (Wildman–Crippen MR) is 106 cm³/mol. The second kappa shape index (κ2) is 8.75. The Kier molecular flexibility index (Phi) is 6.67. The monoisotopic (exact) mass is 355 g/mol. The fourth-order valence-corrected chi connectivity index (χ4v) is 2.67. The molecule has 0 saturated heterocycles. The lowest BCUT2D eigenvalue weighted by Gasteiger charge is -2.24. The van der Waals surface area contributed by atoms with Gasteiger partial charge in [-0.3, -0.25) is 4.79 Å². The first kappa shape index (κ1) is 19.8. The van der Waals surface area contributed by atoms with Gasteiger partial charge in [-0.1, -0.05) is 32.0 Å². The molecule has 0 aliphatic rings. The lowest BCUT2D eigenvalue weighted by molar-refractivity contribution is -0.124. The summed E-state index contributed by atoms with van der Waals surface area (Å²) >= 11 is 0. The van der Waals surface area contributed by atoms with Crippen LogP contribution in [0.15, 0.2) is 42.5 Å². The van der Waals surface area contributed by atoms with Gasteiger partial charge in [0.25, 0.3) is 0 Å². The molecule has 0 saturated carbocycles. The first-order valence-electron chi connectivity index (χ1n) is 8.97. The van der Waals surface area contributed by atoms with Crippen LogP contribution in [0.4, 0.5) is 5.69 Å². The Morgan fingerprint density at radius 3 is 2.62 bits per heavy atom. The number of nitrogens with one attached hydrogen (secondary N) is 1. The van der Waals surface area contributed by atoms with Crippen LogP contribution in [-0.2, 0) is 4.79 Å². The standard InChI is InChI=1S/C22H29NO3/c1-16-10-11-17(2)20(14-16)26-13-7-12-22(3,4)21(24)23-18-8-6-9-19(15-18)25-5/h6,8-11,14-15H,7,12-13H2,1-5H3,(H,23,24). The van der Waals surface area contributed by atoms with Gasteiger partial charge in [0, 0.05) is 17.2 Å². The fraction of sp³-hybridized carbons (Fsp3) is 0.409. The number of amides is 1. The molecule has 0 radical (unpaired) electrons. The van der Waals surface area contributed by atoms with Crippen LogP contribution in [0.25, 0.3) is 0 Å². The van der Waals surface area contributed by atoms with Crippen LogP contribution in [0.2, 0.25) is 0 Å². The average molecular weight is 355 g/mol. The molecule has 0 fully saturated rings. The fourth-order valence-electron chi connectivity index (χ4n) is 2.67. The average Bonchev–Trinajstić information content (AvgIpc) is 2.61. The van der Waals surface area contributed by atoms with Gasteiger partial charge in [-0.15, -0.1) is 0 Å². The van der Waals surface area contributed by atoms with E-state index in [0.29, 0.717) is 6.61 Å². The van der Waals surface area contributed by atoms with E-state index in [4.69, 9.17) is 9.47 Å².